The van der Waals surface area contributed by atoms with E-state index in [1.165, 1.54) is 30.3 Å². The molecule has 0 saturated heterocycles. The number of esters is 1. The Balaban J connectivity index is 1.52. The van der Waals surface area contributed by atoms with Crippen molar-refractivity contribution in [2.45, 2.75) is 18.7 Å². The number of nitrogens with one attached hydrogen (secondary N) is 1. The van der Waals surface area contributed by atoms with Gasteiger partial charge in [-0.1, -0.05) is 24.3 Å². The summed E-state index contributed by atoms with van der Waals surface area (Å²) in [4.78, 5) is 38.0. The molecule has 8 nitrogen and oxygen atoms in total. The molecule has 1 aromatic heterocycles. The summed E-state index contributed by atoms with van der Waals surface area (Å²) in [5, 5.41) is 0.406. The highest BCUT2D eigenvalue weighted by atomic mass is 32.2. The summed E-state index contributed by atoms with van der Waals surface area (Å²) in [6.45, 7) is 3.49. The second-order valence-corrected chi connectivity index (χ2v) is 9.66. The van der Waals surface area contributed by atoms with Crippen LogP contribution in [-0.4, -0.2) is 32.6 Å². The molecule has 0 fully saturated rings. The van der Waals surface area contributed by atoms with Gasteiger partial charge in [0, 0.05) is 33.3 Å². The van der Waals surface area contributed by atoms with Crippen LogP contribution in [0.4, 0.5) is 5.69 Å². The maximum Gasteiger partial charge on any atom is 0.342 e. The number of hydrogen-bond donors (Lipinski definition) is 1. The van der Waals surface area contributed by atoms with Crippen LogP contribution < -0.4 is 4.72 Å². The van der Waals surface area contributed by atoms with Gasteiger partial charge in [0.05, 0.1) is 11.5 Å². The number of anilines is 1. The van der Waals surface area contributed by atoms with E-state index in [9.17, 15) is 22.8 Å². The zero-order valence-electron chi connectivity index (χ0n) is 18.7. The predicted molar refractivity (Wildman–Crippen MR) is 127 cm³/mol. The van der Waals surface area contributed by atoms with Gasteiger partial charge < -0.3 is 9.15 Å². The van der Waals surface area contributed by atoms with Crippen molar-refractivity contribution in [1.82, 2.24) is 0 Å². The number of aryl methyl sites for hydroxylation is 1. The Hall–Kier alpha value is -4.24. The van der Waals surface area contributed by atoms with Crippen molar-refractivity contribution in [3.63, 3.8) is 0 Å². The van der Waals surface area contributed by atoms with Crippen molar-refractivity contribution in [1.29, 1.82) is 0 Å². The predicted octanol–water partition coefficient (Wildman–Crippen LogP) is 4.49. The number of hydrogen-bond acceptors (Lipinski definition) is 7. The van der Waals surface area contributed by atoms with E-state index in [1.54, 1.807) is 44.2 Å². The van der Waals surface area contributed by atoms with Crippen molar-refractivity contribution < 1.29 is 32.0 Å². The molecular formula is C26H19NO7S. The van der Waals surface area contributed by atoms with E-state index in [4.69, 9.17) is 9.15 Å². The summed E-state index contributed by atoms with van der Waals surface area (Å²) in [5.41, 5.74) is 1.53. The quantitative estimate of drug-likeness (QED) is 0.361. The highest BCUT2D eigenvalue weighted by molar-refractivity contribution is 7.92. The van der Waals surface area contributed by atoms with Crippen LogP contribution in [0.2, 0.25) is 0 Å². The number of carbonyl (C=O) groups excluding carboxylic acids is 3. The third kappa shape index (κ3) is 3.70. The Kier molecular flexibility index (Phi) is 5.29. The van der Waals surface area contributed by atoms with Gasteiger partial charge in [0.25, 0.3) is 10.0 Å². The third-order valence-electron chi connectivity index (χ3n) is 5.80. The van der Waals surface area contributed by atoms with E-state index >= 15 is 0 Å². The Bertz CT molecular complexity index is 1660. The molecule has 0 amide bonds. The fraction of sp³-hybridized carbons (Fsp3) is 0.115. The molecule has 1 heterocycles. The van der Waals surface area contributed by atoms with E-state index < -0.39 is 21.8 Å². The van der Waals surface area contributed by atoms with E-state index in [1.807, 2.05) is 0 Å². The molecular weight excluding hydrogens is 470 g/mol. The summed E-state index contributed by atoms with van der Waals surface area (Å²) < 4.78 is 39.5. The Labute approximate surface area is 200 Å². The number of carbonyl (C=O) groups is 3. The maximum absolute atomic E-state index is 13.2. The average molecular weight is 490 g/mol. The molecule has 1 aliphatic carbocycles. The van der Waals surface area contributed by atoms with Crippen molar-refractivity contribution in [2.75, 3.05) is 11.3 Å². The zero-order valence-corrected chi connectivity index (χ0v) is 19.6. The number of ether oxygens (including phenoxy) is 1. The molecule has 1 aliphatic rings. The lowest BCUT2D eigenvalue weighted by Gasteiger charge is -2.18. The van der Waals surface area contributed by atoms with E-state index in [0.29, 0.717) is 22.3 Å². The van der Waals surface area contributed by atoms with E-state index in [2.05, 4.69) is 4.72 Å². The molecule has 0 saturated carbocycles. The van der Waals surface area contributed by atoms with Crippen LogP contribution in [0.5, 0.6) is 0 Å². The first kappa shape index (κ1) is 22.5. The normalized spacial score (nSPS) is 12.9. The molecule has 0 aliphatic heterocycles. The molecule has 5 rings (SSSR count). The number of fused-ring (bicyclic) bond motifs is 3. The van der Waals surface area contributed by atoms with Crippen LogP contribution in [0.15, 0.2) is 70.0 Å². The maximum atomic E-state index is 13.2. The van der Waals surface area contributed by atoms with Crippen molar-refractivity contribution >= 4 is 44.2 Å². The Morgan fingerprint density at radius 2 is 1.57 bits per heavy atom. The number of benzene rings is 3. The number of rotatable bonds is 5. The van der Waals surface area contributed by atoms with Crippen LogP contribution in [0, 0.1) is 6.92 Å². The standard InChI is InChI=1S/C26H19NO7S/c1-3-33-26(30)23-14(2)34-22-11-8-15(12-21(22)23)27-35(31,32)16-9-10-19-20(13-16)25(29)18-7-5-4-6-17(18)24(19)28/h4-13,27H,3H2,1-2H3. The van der Waals surface area contributed by atoms with Crippen LogP contribution in [-0.2, 0) is 14.8 Å². The lowest BCUT2D eigenvalue weighted by atomic mass is 9.84. The fourth-order valence-electron chi connectivity index (χ4n) is 4.20. The highest BCUT2D eigenvalue weighted by Gasteiger charge is 2.31. The van der Waals surface area contributed by atoms with Crippen LogP contribution in [0.25, 0.3) is 11.0 Å². The molecule has 9 heteroatoms. The first-order valence-electron chi connectivity index (χ1n) is 10.8. The molecule has 4 aromatic rings. The Morgan fingerprint density at radius 1 is 0.914 bits per heavy atom. The largest absolute Gasteiger partial charge is 0.462 e. The summed E-state index contributed by atoms with van der Waals surface area (Å²) in [6, 6.07) is 14.8. The van der Waals surface area contributed by atoms with E-state index in [0.717, 1.165) is 0 Å². The second kappa shape index (κ2) is 8.21. The minimum Gasteiger partial charge on any atom is -0.462 e. The molecule has 0 spiro atoms. The van der Waals surface area contributed by atoms with Gasteiger partial charge in [-0.05, 0) is 50.2 Å². The van der Waals surface area contributed by atoms with Gasteiger partial charge >= 0.3 is 5.97 Å². The minimum absolute atomic E-state index is 0.0297. The third-order valence-corrected chi connectivity index (χ3v) is 7.18. The van der Waals surface area contributed by atoms with Crippen LogP contribution >= 0.6 is 0 Å². The monoisotopic (exact) mass is 489 g/mol. The fourth-order valence-corrected chi connectivity index (χ4v) is 5.28. The van der Waals surface area contributed by atoms with Gasteiger partial charge in [-0.25, -0.2) is 13.2 Å². The molecule has 176 valence electrons. The molecule has 0 radical (unpaired) electrons. The van der Waals surface area contributed by atoms with Gasteiger partial charge in [0.1, 0.15) is 16.9 Å². The van der Waals surface area contributed by atoms with Crippen LogP contribution in [0.3, 0.4) is 0 Å². The molecule has 35 heavy (non-hydrogen) atoms. The SMILES string of the molecule is CCOC(=O)c1c(C)oc2ccc(NS(=O)(=O)c3ccc4c(c3)C(=O)c3ccccc3C4=O)cc12. The summed E-state index contributed by atoms with van der Waals surface area (Å²) >= 11 is 0. The number of sulfonamides is 1. The van der Waals surface area contributed by atoms with Gasteiger partial charge in [0.2, 0.25) is 0 Å². The first-order chi connectivity index (χ1) is 16.7. The lowest BCUT2D eigenvalue weighted by molar-refractivity contribution is 0.0526. The minimum atomic E-state index is -4.13. The molecule has 0 atom stereocenters. The van der Waals surface area contributed by atoms with Crippen molar-refractivity contribution in [3.05, 3.63) is 94.2 Å². The summed E-state index contributed by atoms with van der Waals surface area (Å²) in [7, 11) is -4.13. The Morgan fingerprint density at radius 3 is 2.26 bits per heavy atom. The highest BCUT2D eigenvalue weighted by Crippen LogP contribution is 2.32. The second-order valence-electron chi connectivity index (χ2n) is 7.98. The van der Waals surface area contributed by atoms with Gasteiger partial charge in [-0.15, -0.1) is 0 Å². The molecule has 0 unspecified atom stereocenters. The van der Waals surface area contributed by atoms with Crippen molar-refractivity contribution in [3.8, 4) is 0 Å². The number of furan rings is 1. The van der Waals surface area contributed by atoms with Gasteiger partial charge in [-0.2, -0.15) is 0 Å². The van der Waals surface area contributed by atoms with Crippen LogP contribution in [0.1, 0.15) is 54.9 Å². The topological polar surface area (TPSA) is 120 Å². The summed E-state index contributed by atoms with van der Waals surface area (Å²) in [6.07, 6.45) is 0. The lowest BCUT2D eigenvalue weighted by Crippen LogP contribution is -2.22. The average Bonchev–Trinajstić information content (AvgIpc) is 3.17. The smallest absolute Gasteiger partial charge is 0.342 e. The number of ketones is 2. The molecule has 0 bridgehead atoms. The van der Waals surface area contributed by atoms with Crippen molar-refractivity contribution in [2.24, 2.45) is 0 Å². The molecule has 3 aromatic carbocycles. The zero-order chi connectivity index (χ0) is 24.9. The van der Waals surface area contributed by atoms with Gasteiger partial charge in [0.15, 0.2) is 11.6 Å². The van der Waals surface area contributed by atoms with E-state index in [-0.39, 0.29) is 45.2 Å². The molecule has 1 N–H and O–H groups in total. The van der Waals surface area contributed by atoms with Gasteiger partial charge in [-0.3, -0.25) is 14.3 Å². The summed E-state index contributed by atoms with van der Waals surface area (Å²) in [5.74, 6) is -0.959. The first-order valence-corrected chi connectivity index (χ1v) is 12.2.